The zero-order chi connectivity index (χ0) is 16.5. The molecule has 1 aliphatic rings. The Balaban J connectivity index is 1.42. The summed E-state index contributed by atoms with van der Waals surface area (Å²) in [7, 11) is 0. The number of aromatic nitrogens is 4. The van der Waals surface area contributed by atoms with Crippen LogP contribution in [0.15, 0.2) is 35.3 Å². The number of rotatable bonds is 4. The molecule has 1 saturated heterocycles. The molecule has 1 atom stereocenters. The molecule has 0 bridgehead atoms. The van der Waals surface area contributed by atoms with Crippen LogP contribution in [0.25, 0.3) is 4.96 Å². The molecule has 24 heavy (non-hydrogen) atoms. The molecule has 0 amide bonds. The molecule has 4 heterocycles. The largest absolute Gasteiger partial charge is 0.370 e. The van der Waals surface area contributed by atoms with Gasteiger partial charge in [0.2, 0.25) is 10.1 Å². The van der Waals surface area contributed by atoms with Gasteiger partial charge < -0.3 is 10.2 Å². The number of nitrogens with one attached hydrogen (secondary N) is 1. The fourth-order valence-corrected chi connectivity index (χ4v) is 3.84. The molecule has 0 radical (unpaired) electrons. The number of aryl methyl sites for hydroxylation is 1. The third kappa shape index (κ3) is 2.96. The third-order valence-electron chi connectivity index (χ3n) is 4.18. The van der Waals surface area contributed by atoms with Gasteiger partial charge in [-0.1, -0.05) is 17.4 Å². The van der Waals surface area contributed by atoms with E-state index >= 15 is 0 Å². The molecule has 7 nitrogen and oxygen atoms in total. The van der Waals surface area contributed by atoms with Crippen molar-refractivity contribution < 1.29 is 0 Å². The lowest BCUT2D eigenvalue weighted by Crippen LogP contribution is -2.23. The molecule has 8 heteroatoms. The lowest BCUT2D eigenvalue weighted by molar-refractivity contribution is 0.620. The molecule has 0 spiro atoms. The topological polar surface area (TPSA) is 75.4 Å². The van der Waals surface area contributed by atoms with Crippen LogP contribution in [0.2, 0.25) is 0 Å². The Morgan fingerprint density at radius 2 is 2.29 bits per heavy atom. The summed E-state index contributed by atoms with van der Waals surface area (Å²) in [6, 6.07) is 7.43. The lowest BCUT2D eigenvalue weighted by Gasteiger charge is -2.15. The van der Waals surface area contributed by atoms with E-state index in [9.17, 15) is 4.79 Å². The van der Waals surface area contributed by atoms with Gasteiger partial charge in [-0.2, -0.15) is 4.52 Å². The van der Waals surface area contributed by atoms with Gasteiger partial charge in [0.15, 0.2) is 0 Å². The molecule has 0 aromatic carbocycles. The van der Waals surface area contributed by atoms with Crippen molar-refractivity contribution >= 4 is 27.2 Å². The van der Waals surface area contributed by atoms with E-state index in [2.05, 4.69) is 25.3 Å². The maximum Gasteiger partial charge on any atom is 0.275 e. The van der Waals surface area contributed by atoms with Crippen molar-refractivity contribution in [2.24, 2.45) is 5.92 Å². The molecule has 1 unspecified atom stereocenters. The van der Waals surface area contributed by atoms with Gasteiger partial charge in [0.1, 0.15) is 5.82 Å². The van der Waals surface area contributed by atoms with Crippen LogP contribution in [0.1, 0.15) is 12.1 Å². The number of pyridine rings is 1. The molecular formula is C16H18N6OS. The molecule has 124 valence electrons. The van der Waals surface area contributed by atoms with Crippen LogP contribution in [0, 0.1) is 12.8 Å². The van der Waals surface area contributed by atoms with Crippen molar-refractivity contribution in [3.05, 3.63) is 46.5 Å². The fraction of sp³-hybridized carbons (Fsp3) is 0.375. The van der Waals surface area contributed by atoms with E-state index in [1.165, 1.54) is 28.1 Å². The van der Waals surface area contributed by atoms with Crippen molar-refractivity contribution in [1.82, 2.24) is 19.6 Å². The number of hydrogen-bond acceptors (Lipinski definition) is 7. The Morgan fingerprint density at radius 3 is 3.12 bits per heavy atom. The minimum atomic E-state index is -0.134. The summed E-state index contributed by atoms with van der Waals surface area (Å²) in [6.45, 7) is 4.75. The van der Waals surface area contributed by atoms with E-state index in [1.54, 1.807) is 0 Å². The summed E-state index contributed by atoms with van der Waals surface area (Å²) in [4.78, 5) is 23.3. The monoisotopic (exact) mass is 342 g/mol. The first-order valence-corrected chi connectivity index (χ1v) is 8.78. The molecule has 1 aliphatic heterocycles. The lowest BCUT2D eigenvalue weighted by atomic mass is 10.1. The molecule has 0 aliphatic carbocycles. The first-order chi connectivity index (χ1) is 11.7. The summed E-state index contributed by atoms with van der Waals surface area (Å²) >= 11 is 1.46. The molecule has 3 aromatic rings. The van der Waals surface area contributed by atoms with Gasteiger partial charge in [0.05, 0.1) is 0 Å². The fourth-order valence-electron chi connectivity index (χ4n) is 2.92. The van der Waals surface area contributed by atoms with E-state index in [1.807, 2.05) is 25.1 Å². The molecule has 1 fully saturated rings. The Hall–Kier alpha value is -2.48. The SMILES string of the molecule is Cc1cccc(NCC2CCN(c3nn4c(=O)ccnc4s3)C2)n1. The second-order valence-corrected chi connectivity index (χ2v) is 6.94. The average Bonchev–Trinajstić information content (AvgIpc) is 3.20. The number of nitrogens with zero attached hydrogens (tertiary/aromatic N) is 5. The first kappa shape index (κ1) is 15.1. The van der Waals surface area contributed by atoms with Crippen LogP contribution in [0.3, 0.4) is 0 Å². The number of fused-ring (bicyclic) bond motifs is 1. The zero-order valence-electron chi connectivity index (χ0n) is 13.3. The normalized spacial score (nSPS) is 17.5. The first-order valence-electron chi connectivity index (χ1n) is 7.96. The van der Waals surface area contributed by atoms with Gasteiger partial charge in [-0.3, -0.25) is 4.79 Å². The Kier molecular flexibility index (Phi) is 3.89. The van der Waals surface area contributed by atoms with Crippen LogP contribution < -0.4 is 15.8 Å². The van der Waals surface area contributed by atoms with Crippen LogP contribution in [0.4, 0.5) is 10.9 Å². The highest BCUT2D eigenvalue weighted by atomic mass is 32.1. The van der Waals surface area contributed by atoms with Crippen LogP contribution in [0.5, 0.6) is 0 Å². The smallest absolute Gasteiger partial charge is 0.275 e. The Morgan fingerprint density at radius 1 is 1.38 bits per heavy atom. The van der Waals surface area contributed by atoms with Crippen LogP contribution >= 0.6 is 11.3 Å². The Labute approximate surface area is 143 Å². The maximum atomic E-state index is 11.8. The summed E-state index contributed by atoms with van der Waals surface area (Å²) in [5.74, 6) is 1.45. The van der Waals surface area contributed by atoms with Gasteiger partial charge in [-0.25, -0.2) is 9.97 Å². The second kappa shape index (κ2) is 6.20. The highest BCUT2D eigenvalue weighted by molar-refractivity contribution is 7.20. The van der Waals surface area contributed by atoms with E-state index in [0.717, 1.165) is 42.7 Å². The van der Waals surface area contributed by atoms with Gasteiger partial charge in [-0.15, -0.1) is 5.10 Å². The molecule has 1 N–H and O–H groups in total. The minimum Gasteiger partial charge on any atom is -0.370 e. The van der Waals surface area contributed by atoms with Crippen molar-refractivity contribution in [3.63, 3.8) is 0 Å². The Bertz CT molecular complexity index is 920. The van der Waals surface area contributed by atoms with Gasteiger partial charge in [0.25, 0.3) is 5.56 Å². The van der Waals surface area contributed by atoms with E-state index in [4.69, 9.17) is 0 Å². The highest BCUT2D eigenvalue weighted by Gasteiger charge is 2.25. The van der Waals surface area contributed by atoms with Gasteiger partial charge >= 0.3 is 0 Å². The summed E-state index contributed by atoms with van der Waals surface area (Å²) < 4.78 is 1.38. The van der Waals surface area contributed by atoms with Crippen LogP contribution in [-0.4, -0.2) is 39.2 Å². The minimum absolute atomic E-state index is 0.134. The molecular weight excluding hydrogens is 324 g/mol. The molecule has 4 rings (SSSR count). The standard InChI is InChI=1S/C16H18N6OS/c1-11-3-2-4-13(19-11)18-9-12-6-8-21(10-12)16-20-22-14(23)5-7-17-15(22)24-16/h2-5,7,12H,6,8-10H2,1H3,(H,18,19). The number of hydrogen-bond donors (Lipinski definition) is 1. The maximum absolute atomic E-state index is 11.8. The van der Waals surface area contributed by atoms with Crippen molar-refractivity contribution in [2.45, 2.75) is 13.3 Å². The second-order valence-electron chi connectivity index (χ2n) is 6.01. The summed E-state index contributed by atoms with van der Waals surface area (Å²) in [6.07, 6.45) is 2.63. The van der Waals surface area contributed by atoms with E-state index in [0.29, 0.717) is 10.9 Å². The summed E-state index contributed by atoms with van der Waals surface area (Å²) in [5, 5.41) is 8.69. The van der Waals surface area contributed by atoms with Crippen molar-refractivity contribution in [1.29, 1.82) is 0 Å². The zero-order valence-corrected chi connectivity index (χ0v) is 14.2. The molecule has 0 saturated carbocycles. The quantitative estimate of drug-likeness (QED) is 0.779. The van der Waals surface area contributed by atoms with Crippen molar-refractivity contribution in [2.75, 3.05) is 29.9 Å². The van der Waals surface area contributed by atoms with Crippen molar-refractivity contribution in [3.8, 4) is 0 Å². The molecule has 3 aromatic heterocycles. The highest BCUT2D eigenvalue weighted by Crippen LogP contribution is 2.27. The van der Waals surface area contributed by atoms with Crippen LogP contribution in [-0.2, 0) is 0 Å². The van der Waals surface area contributed by atoms with E-state index < -0.39 is 0 Å². The van der Waals surface area contributed by atoms with Gasteiger partial charge in [-0.05, 0) is 31.4 Å². The van der Waals surface area contributed by atoms with Gasteiger partial charge in [0, 0.05) is 37.6 Å². The third-order valence-corrected chi connectivity index (χ3v) is 5.16. The predicted molar refractivity (Wildman–Crippen MR) is 94.9 cm³/mol. The number of anilines is 2. The van der Waals surface area contributed by atoms with E-state index in [-0.39, 0.29) is 5.56 Å². The predicted octanol–water partition coefficient (Wildman–Crippen LogP) is 1.79. The average molecular weight is 342 g/mol. The summed E-state index contributed by atoms with van der Waals surface area (Å²) in [5.41, 5.74) is 0.880.